The van der Waals surface area contributed by atoms with Gasteiger partial charge in [-0.3, -0.25) is 4.79 Å². The Labute approximate surface area is 107 Å². The third-order valence-electron chi connectivity index (χ3n) is 3.47. The van der Waals surface area contributed by atoms with Gasteiger partial charge in [0.15, 0.2) is 5.78 Å². The molecule has 1 aromatic carbocycles. The lowest BCUT2D eigenvalue weighted by molar-refractivity contribution is -0.117. The highest BCUT2D eigenvalue weighted by atomic mass is 16.5. The summed E-state index contributed by atoms with van der Waals surface area (Å²) in [6.45, 7) is 5.37. The molecule has 1 aliphatic heterocycles. The summed E-state index contributed by atoms with van der Waals surface area (Å²) in [7, 11) is 0. The van der Waals surface area contributed by atoms with Crippen molar-refractivity contribution in [1.82, 2.24) is 0 Å². The molecule has 3 nitrogen and oxygen atoms in total. The monoisotopic (exact) mass is 246 g/mol. The summed E-state index contributed by atoms with van der Waals surface area (Å²) in [5.41, 5.74) is 0.0753. The SMILES string of the molecule is CC(=O)CCC1C(=O)c2ccccc2OC1(C)C. The normalized spacial score (nSPS) is 21.1. The Bertz CT molecular complexity index is 488. The molecule has 96 valence electrons. The maximum absolute atomic E-state index is 12.5. The van der Waals surface area contributed by atoms with E-state index < -0.39 is 5.60 Å². The predicted octanol–water partition coefficient (Wildman–Crippen LogP) is 3.03. The standard InChI is InChI=1S/C15H18O3/c1-10(16)8-9-12-14(17)11-6-4-5-7-13(11)18-15(12,2)3/h4-7,12H,8-9H2,1-3H3. The summed E-state index contributed by atoms with van der Waals surface area (Å²) in [6.07, 6.45) is 0.973. The number of carbonyl (C=O) groups is 2. The number of para-hydroxylation sites is 1. The van der Waals surface area contributed by atoms with E-state index in [1.807, 2.05) is 32.0 Å². The van der Waals surface area contributed by atoms with Gasteiger partial charge in [-0.2, -0.15) is 0 Å². The molecule has 0 saturated carbocycles. The highest BCUT2D eigenvalue weighted by molar-refractivity contribution is 6.02. The van der Waals surface area contributed by atoms with E-state index in [1.165, 1.54) is 0 Å². The molecule has 1 aromatic rings. The minimum Gasteiger partial charge on any atom is -0.486 e. The average molecular weight is 246 g/mol. The lowest BCUT2D eigenvalue weighted by Gasteiger charge is -2.38. The molecule has 1 atom stereocenters. The van der Waals surface area contributed by atoms with Crippen LogP contribution in [0.25, 0.3) is 0 Å². The van der Waals surface area contributed by atoms with Gasteiger partial charge in [-0.1, -0.05) is 12.1 Å². The van der Waals surface area contributed by atoms with Crippen molar-refractivity contribution >= 4 is 11.6 Å². The molecule has 2 rings (SSSR count). The topological polar surface area (TPSA) is 43.4 Å². The Morgan fingerprint density at radius 3 is 2.67 bits per heavy atom. The molecule has 1 unspecified atom stereocenters. The first kappa shape index (κ1) is 12.8. The largest absolute Gasteiger partial charge is 0.486 e. The second-order valence-corrected chi connectivity index (χ2v) is 5.36. The Balaban J connectivity index is 2.31. The van der Waals surface area contributed by atoms with E-state index in [4.69, 9.17) is 4.74 Å². The predicted molar refractivity (Wildman–Crippen MR) is 68.9 cm³/mol. The van der Waals surface area contributed by atoms with Crippen molar-refractivity contribution in [2.75, 3.05) is 0 Å². The van der Waals surface area contributed by atoms with Crippen LogP contribution in [-0.2, 0) is 4.79 Å². The number of ketones is 2. The summed E-state index contributed by atoms with van der Waals surface area (Å²) in [4.78, 5) is 23.6. The summed E-state index contributed by atoms with van der Waals surface area (Å²) in [5.74, 6) is 0.587. The first-order valence-electron chi connectivity index (χ1n) is 6.23. The minimum atomic E-state index is -0.555. The van der Waals surface area contributed by atoms with E-state index in [9.17, 15) is 9.59 Å². The number of rotatable bonds is 3. The van der Waals surface area contributed by atoms with Crippen molar-refractivity contribution in [3.05, 3.63) is 29.8 Å². The number of ether oxygens (including phenoxy) is 1. The fraction of sp³-hybridized carbons (Fsp3) is 0.467. The van der Waals surface area contributed by atoms with Crippen LogP contribution >= 0.6 is 0 Å². The van der Waals surface area contributed by atoms with Crippen LogP contribution in [-0.4, -0.2) is 17.2 Å². The lowest BCUT2D eigenvalue weighted by atomic mass is 9.78. The van der Waals surface area contributed by atoms with Gasteiger partial charge in [0.05, 0.1) is 11.5 Å². The molecule has 1 aliphatic rings. The van der Waals surface area contributed by atoms with E-state index in [0.717, 1.165) is 0 Å². The third-order valence-corrected chi connectivity index (χ3v) is 3.47. The third kappa shape index (κ3) is 2.30. The van der Waals surface area contributed by atoms with Crippen LogP contribution < -0.4 is 4.74 Å². The van der Waals surface area contributed by atoms with E-state index in [0.29, 0.717) is 24.2 Å². The van der Waals surface area contributed by atoms with E-state index >= 15 is 0 Å². The zero-order chi connectivity index (χ0) is 13.3. The Hall–Kier alpha value is -1.64. The minimum absolute atomic E-state index is 0.0862. The number of carbonyl (C=O) groups excluding carboxylic acids is 2. The van der Waals surface area contributed by atoms with Gasteiger partial charge in [-0.25, -0.2) is 0 Å². The van der Waals surface area contributed by atoms with Crippen molar-refractivity contribution in [2.24, 2.45) is 5.92 Å². The first-order valence-corrected chi connectivity index (χ1v) is 6.23. The highest BCUT2D eigenvalue weighted by Gasteiger charge is 2.42. The number of benzene rings is 1. The molecule has 0 bridgehead atoms. The quantitative estimate of drug-likeness (QED) is 0.823. The van der Waals surface area contributed by atoms with Crippen LogP contribution in [0.3, 0.4) is 0 Å². The summed E-state index contributed by atoms with van der Waals surface area (Å²) >= 11 is 0. The molecular weight excluding hydrogens is 228 g/mol. The summed E-state index contributed by atoms with van der Waals surface area (Å²) in [5, 5.41) is 0. The molecular formula is C15H18O3. The van der Waals surface area contributed by atoms with Crippen molar-refractivity contribution < 1.29 is 14.3 Å². The number of Topliss-reactive ketones (excluding diaryl/α,β-unsaturated/α-hetero) is 2. The Morgan fingerprint density at radius 2 is 2.00 bits per heavy atom. The van der Waals surface area contributed by atoms with Crippen molar-refractivity contribution in [3.8, 4) is 5.75 Å². The van der Waals surface area contributed by atoms with Crippen molar-refractivity contribution in [2.45, 2.75) is 39.2 Å². The van der Waals surface area contributed by atoms with Crippen LogP contribution in [0.4, 0.5) is 0 Å². The molecule has 0 aromatic heterocycles. The van der Waals surface area contributed by atoms with Gasteiger partial charge in [0.25, 0.3) is 0 Å². The molecule has 0 fully saturated rings. The van der Waals surface area contributed by atoms with Crippen LogP contribution in [0, 0.1) is 5.92 Å². The van der Waals surface area contributed by atoms with Crippen molar-refractivity contribution in [1.29, 1.82) is 0 Å². The maximum atomic E-state index is 12.5. The number of fused-ring (bicyclic) bond motifs is 1. The van der Waals surface area contributed by atoms with Crippen LogP contribution in [0.2, 0.25) is 0 Å². The van der Waals surface area contributed by atoms with E-state index in [1.54, 1.807) is 13.0 Å². The highest BCUT2D eigenvalue weighted by Crippen LogP contribution is 2.38. The van der Waals surface area contributed by atoms with Gasteiger partial charge >= 0.3 is 0 Å². The summed E-state index contributed by atoms with van der Waals surface area (Å²) < 4.78 is 5.90. The van der Waals surface area contributed by atoms with Crippen LogP contribution in [0.1, 0.15) is 44.0 Å². The first-order chi connectivity index (χ1) is 8.42. The Kier molecular flexibility index (Phi) is 3.24. The van der Waals surface area contributed by atoms with Gasteiger partial charge in [-0.15, -0.1) is 0 Å². The smallest absolute Gasteiger partial charge is 0.173 e. The molecule has 18 heavy (non-hydrogen) atoms. The molecule has 1 heterocycles. The van der Waals surface area contributed by atoms with Crippen LogP contribution in [0.15, 0.2) is 24.3 Å². The number of hydrogen-bond donors (Lipinski definition) is 0. The second kappa shape index (κ2) is 4.56. The number of hydrogen-bond acceptors (Lipinski definition) is 3. The van der Waals surface area contributed by atoms with Gasteiger partial charge < -0.3 is 9.53 Å². The lowest BCUT2D eigenvalue weighted by Crippen LogP contribution is -2.46. The molecule has 0 amide bonds. The molecule has 0 saturated heterocycles. The van der Waals surface area contributed by atoms with Gasteiger partial charge in [0, 0.05) is 6.42 Å². The molecule has 0 spiro atoms. The van der Waals surface area contributed by atoms with Gasteiger partial charge in [0.2, 0.25) is 0 Å². The van der Waals surface area contributed by atoms with Gasteiger partial charge in [0.1, 0.15) is 17.1 Å². The fourth-order valence-electron chi connectivity index (χ4n) is 2.44. The van der Waals surface area contributed by atoms with Crippen LogP contribution in [0.5, 0.6) is 5.75 Å². The second-order valence-electron chi connectivity index (χ2n) is 5.36. The average Bonchev–Trinajstić information content (AvgIpc) is 2.27. The van der Waals surface area contributed by atoms with Gasteiger partial charge in [-0.05, 0) is 39.3 Å². The molecule has 0 aliphatic carbocycles. The van der Waals surface area contributed by atoms with E-state index in [-0.39, 0.29) is 17.5 Å². The Morgan fingerprint density at radius 1 is 1.33 bits per heavy atom. The molecule has 3 heteroatoms. The maximum Gasteiger partial charge on any atom is 0.173 e. The van der Waals surface area contributed by atoms with E-state index in [2.05, 4.69) is 0 Å². The fourth-order valence-corrected chi connectivity index (χ4v) is 2.44. The molecule has 0 N–H and O–H groups in total. The summed E-state index contributed by atoms with van der Waals surface area (Å²) in [6, 6.07) is 7.29. The molecule has 0 radical (unpaired) electrons. The zero-order valence-corrected chi connectivity index (χ0v) is 11.0. The van der Waals surface area contributed by atoms with Crippen molar-refractivity contribution in [3.63, 3.8) is 0 Å². The zero-order valence-electron chi connectivity index (χ0n) is 11.0.